The van der Waals surface area contributed by atoms with Gasteiger partial charge >= 0.3 is 0 Å². The Kier molecular flexibility index (Phi) is 5.14. The molecule has 7 heteroatoms. The van der Waals surface area contributed by atoms with Gasteiger partial charge in [0.05, 0.1) is 26.0 Å². The SMILES string of the molecule is COc1cc(OC)cc(C(=O)N2C[C@@H](Cc3cnccn3)[C@H](O)C2)c1. The summed E-state index contributed by atoms with van der Waals surface area (Å²) in [6.45, 7) is 0.763. The number of carbonyl (C=O) groups excluding carboxylic acids is 1. The fourth-order valence-electron chi connectivity index (χ4n) is 3.04. The van der Waals surface area contributed by atoms with Crippen molar-refractivity contribution in [2.45, 2.75) is 12.5 Å². The Hall–Kier alpha value is -2.67. The van der Waals surface area contributed by atoms with Crippen molar-refractivity contribution in [2.24, 2.45) is 5.92 Å². The lowest BCUT2D eigenvalue weighted by atomic mass is 10.0. The molecule has 0 radical (unpaired) electrons. The van der Waals surface area contributed by atoms with Crippen molar-refractivity contribution >= 4 is 5.91 Å². The summed E-state index contributed by atoms with van der Waals surface area (Å²) in [6, 6.07) is 5.06. The third-order valence-electron chi connectivity index (χ3n) is 4.38. The molecule has 132 valence electrons. The third kappa shape index (κ3) is 3.88. The van der Waals surface area contributed by atoms with Gasteiger partial charge in [0.2, 0.25) is 0 Å². The predicted molar refractivity (Wildman–Crippen MR) is 90.7 cm³/mol. The number of methoxy groups -OCH3 is 2. The molecule has 1 fully saturated rings. The van der Waals surface area contributed by atoms with E-state index in [-0.39, 0.29) is 11.8 Å². The number of nitrogens with zero attached hydrogens (tertiary/aromatic N) is 3. The van der Waals surface area contributed by atoms with Crippen LogP contribution in [0.25, 0.3) is 0 Å². The molecule has 0 saturated carbocycles. The van der Waals surface area contributed by atoms with Crippen LogP contribution in [0.4, 0.5) is 0 Å². The van der Waals surface area contributed by atoms with Gasteiger partial charge in [-0.2, -0.15) is 0 Å². The minimum atomic E-state index is -0.585. The molecule has 0 bridgehead atoms. The van der Waals surface area contributed by atoms with Crippen LogP contribution in [0, 0.1) is 5.92 Å². The van der Waals surface area contributed by atoms with Gasteiger partial charge in [-0.25, -0.2) is 0 Å². The number of benzene rings is 1. The van der Waals surface area contributed by atoms with Crippen LogP contribution in [0.1, 0.15) is 16.1 Å². The first-order valence-corrected chi connectivity index (χ1v) is 8.06. The van der Waals surface area contributed by atoms with Crippen molar-refractivity contribution in [1.82, 2.24) is 14.9 Å². The van der Waals surface area contributed by atoms with Gasteiger partial charge in [0.25, 0.3) is 5.91 Å². The first-order chi connectivity index (χ1) is 12.1. The summed E-state index contributed by atoms with van der Waals surface area (Å²) in [5.74, 6) is 0.892. The van der Waals surface area contributed by atoms with Gasteiger partial charge in [-0.3, -0.25) is 14.8 Å². The summed E-state index contributed by atoms with van der Waals surface area (Å²) in [7, 11) is 3.08. The van der Waals surface area contributed by atoms with E-state index in [1.165, 1.54) is 0 Å². The molecule has 1 N–H and O–H groups in total. The maximum absolute atomic E-state index is 12.8. The second kappa shape index (κ2) is 7.48. The van der Waals surface area contributed by atoms with Crippen molar-refractivity contribution in [3.63, 3.8) is 0 Å². The van der Waals surface area contributed by atoms with Crippen molar-refractivity contribution in [1.29, 1.82) is 0 Å². The minimum Gasteiger partial charge on any atom is -0.497 e. The number of rotatable bonds is 5. The molecule has 25 heavy (non-hydrogen) atoms. The fraction of sp³-hybridized carbons (Fsp3) is 0.389. The van der Waals surface area contributed by atoms with E-state index in [2.05, 4.69) is 9.97 Å². The summed E-state index contributed by atoms with van der Waals surface area (Å²) >= 11 is 0. The Morgan fingerprint density at radius 2 is 1.92 bits per heavy atom. The lowest BCUT2D eigenvalue weighted by molar-refractivity contribution is 0.0764. The molecule has 1 aliphatic heterocycles. The Bertz CT molecular complexity index is 716. The van der Waals surface area contributed by atoms with Gasteiger partial charge in [0, 0.05) is 49.2 Å². The highest BCUT2D eigenvalue weighted by molar-refractivity contribution is 5.95. The van der Waals surface area contributed by atoms with Crippen LogP contribution in [0.3, 0.4) is 0 Å². The van der Waals surface area contributed by atoms with E-state index in [1.807, 2.05) is 0 Å². The first-order valence-electron chi connectivity index (χ1n) is 8.06. The molecule has 1 aromatic carbocycles. The number of β-amino-alcohol motifs (C(OH)–C–C–N with tert-alkyl or cyclic N) is 1. The number of aliphatic hydroxyl groups is 1. The number of aliphatic hydroxyl groups excluding tert-OH is 1. The standard InChI is InChI=1S/C18H21N3O4/c1-24-15-6-12(7-16(8-15)25-2)18(23)21-10-13(17(22)11-21)5-14-9-19-3-4-20-14/h3-4,6-9,13,17,22H,5,10-11H2,1-2H3/t13-,17-/m1/s1. The van der Waals surface area contributed by atoms with Gasteiger partial charge < -0.3 is 19.5 Å². The van der Waals surface area contributed by atoms with E-state index in [4.69, 9.17) is 9.47 Å². The highest BCUT2D eigenvalue weighted by Crippen LogP contribution is 2.26. The maximum atomic E-state index is 12.8. The van der Waals surface area contributed by atoms with Gasteiger partial charge in [0.15, 0.2) is 0 Å². The summed E-state index contributed by atoms with van der Waals surface area (Å²) in [6.07, 6.45) is 4.92. The molecule has 0 unspecified atom stereocenters. The smallest absolute Gasteiger partial charge is 0.254 e. The second-order valence-corrected chi connectivity index (χ2v) is 6.04. The van der Waals surface area contributed by atoms with Gasteiger partial charge in [-0.15, -0.1) is 0 Å². The first kappa shape index (κ1) is 17.2. The number of likely N-dealkylation sites (tertiary alicyclic amines) is 1. The van der Waals surface area contributed by atoms with Crippen LogP contribution in [0.2, 0.25) is 0 Å². The highest BCUT2D eigenvalue weighted by Gasteiger charge is 2.34. The Labute approximate surface area is 146 Å². The normalized spacial score (nSPS) is 19.7. The molecule has 0 spiro atoms. The summed E-state index contributed by atoms with van der Waals surface area (Å²) in [5.41, 5.74) is 1.28. The Morgan fingerprint density at radius 1 is 1.20 bits per heavy atom. The van der Waals surface area contributed by atoms with E-state index in [1.54, 1.807) is 55.9 Å². The van der Waals surface area contributed by atoms with Crippen LogP contribution < -0.4 is 9.47 Å². The zero-order valence-corrected chi connectivity index (χ0v) is 14.3. The summed E-state index contributed by atoms with van der Waals surface area (Å²) in [5, 5.41) is 10.3. The number of hydrogen-bond donors (Lipinski definition) is 1. The molecule has 2 atom stereocenters. The number of carbonyl (C=O) groups is 1. The Balaban J connectivity index is 1.73. The van der Waals surface area contributed by atoms with Crippen LogP contribution in [-0.2, 0) is 6.42 Å². The maximum Gasteiger partial charge on any atom is 0.254 e. The second-order valence-electron chi connectivity index (χ2n) is 6.04. The quantitative estimate of drug-likeness (QED) is 0.877. The molecule has 0 aliphatic carbocycles. The van der Waals surface area contributed by atoms with Crippen LogP contribution >= 0.6 is 0 Å². The van der Waals surface area contributed by atoms with E-state index in [0.29, 0.717) is 36.6 Å². The van der Waals surface area contributed by atoms with Gasteiger partial charge in [0.1, 0.15) is 11.5 Å². The molecule has 1 aromatic heterocycles. The highest BCUT2D eigenvalue weighted by atomic mass is 16.5. The number of hydrogen-bond acceptors (Lipinski definition) is 6. The van der Waals surface area contributed by atoms with Crippen LogP contribution in [0.15, 0.2) is 36.8 Å². The number of amides is 1. The molecule has 3 rings (SSSR count). The van der Waals surface area contributed by atoms with E-state index < -0.39 is 6.10 Å². The molecule has 2 heterocycles. The molecule has 2 aromatic rings. The molecule has 1 amide bonds. The van der Waals surface area contributed by atoms with Gasteiger partial charge in [-0.1, -0.05) is 0 Å². The monoisotopic (exact) mass is 343 g/mol. The Morgan fingerprint density at radius 3 is 2.52 bits per heavy atom. The zero-order chi connectivity index (χ0) is 17.8. The number of ether oxygens (including phenoxy) is 2. The zero-order valence-electron chi connectivity index (χ0n) is 14.3. The molecular weight excluding hydrogens is 322 g/mol. The van der Waals surface area contributed by atoms with Crippen molar-refractivity contribution in [2.75, 3.05) is 27.3 Å². The molecular formula is C18H21N3O4. The van der Waals surface area contributed by atoms with Crippen LogP contribution in [-0.4, -0.2) is 59.3 Å². The third-order valence-corrected chi connectivity index (χ3v) is 4.38. The van der Waals surface area contributed by atoms with E-state index in [9.17, 15) is 9.90 Å². The van der Waals surface area contributed by atoms with Crippen molar-refractivity contribution < 1.29 is 19.4 Å². The number of aromatic nitrogens is 2. The summed E-state index contributed by atoms with van der Waals surface area (Å²) < 4.78 is 10.4. The predicted octanol–water partition coefficient (Wildman–Crippen LogP) is 1.17. The lowest BCUT2D eigenvalue weighted by Crippen LogP contribution is -2.29. The van der Waals surface area contributed by atoms with Gasteiger partial charge in [-0.05, 0) is 18.6 Å². The largest absolute Gasteiger partial charge is 0.497 e. The average molecular weight is 343 g/mol. The minimum absolute atomic E-state index is 0.0619. The molecule has 7 nitrogen and oxygen atoms in total. The van der Waals surface area contributed by atoms with Crippen molar-refractivity contribution in [3.8, 4) is 11.5 Å². The summed E-state index contributed by atoms with van der Waals surface area (Å²) in [4.78, 5) is 22.7. The van der Waals surface area contributed by atoms with E-state index >= 15 is 0 Å². The van der Waals surface area contributed by atoms with Crippen molar-refractivity contribution in [3.05, 3.63) is 48.0 Å². The van der Waals surface area contributed by atoms with E-state index in [0.717, 1.165) is 5.69 Å². The topological polar surface area (TPSA) is 84.8 Å². The lowest BCUT2D eigenvalue weighted by Gasteiger charge is -2.17. The molecule has 1 saturated heterocycles. The fourth-order valence-corrected chi connectivity index (χ4v) is 3.04. The average Bonchev–Trinajstić information content (AvgIpc) is 3.01. The molecule has 1 aliphatic rings. The van der Waals surface area contributed by atoms with Crippen LogP contribution in [0.5, 0.6) is 11.5 Å².